The van der Waals surface area contributed by atoms with Crippen LogP contribution in [0.5, 0.6) is 5.75 Å². The molecule has 2 aliphatic rings. The molecule has 0 radical (unpaired) electrons. The van der Waals surface area contributed by atoms with E-state index in [0.717, 1.165) is 98.4 Å². The molecular weight excluding hydrogens is 590 g/mol. The Morgan fingerprint density at radius 2 is 1.37 bits per heavy atom. The van der Waals surface area contributed by atoms with Crippen molar-refractivity contribution in [1.29, 1.82) is 0 Å². The van der Waals surface area contributed by atoms with Gasteiger partial charge in [-0.2, -0.15) is 0 Å². The van der Waals surface area contributed by atoms with Gasteiger partial charge in [-0.15, -0.1) is 0 Å². The summed E-state index contributed by atoms with van der Waals surface area (Å²) in [5.74, 6) is 0.833. The van der Waals surface area contributed by atoms with Crippen LogP contribution in [0, 0.1) is 0 Å². The fourth-order valence-electron chi connectivity index (χ4n) is 6.88. The molecule has 3 heterocycles. The van der Waals surface area contributed by atoms with Crippen LogP contribution in [0.4, 0.5) is 17.1 Å². The lowest BCUT2D eigenvalue weighted by Gasteiger charge is -2.35. The Morgan fingerprint density at radius 3 is 2.07 bits per heavy atom. The summed E-state index contributed by atoms with van der Waals surface area (Å²) < 4.78 is 5.52. The zero-order valence-corrected chi connectivity index (χ0v) is 27.3. The van der Waals surface area contributed by atoms with Gasteiger partial charge in [0, 0.05) is 66.4 Å². The number of piperazine rings is 1. The van der Waals surface area contributed by atoms with Gasteiger partial charge in [-0.25, -0.2) is 4.98 Å². The van der Waals surface area contributed by atoms with Gasteiger partial charge in [-0.3, -0.25) is 0 Å². The molecule has 0 unspecified atom stereocenters. The number of hydrogen-bond donors (Lipinski definition) is 1. The first kappa shape index (κ1) is 30.5. The van der Waals surface area contributed by atoms with Crippen LogP contribution in [0.3, 0.4) is 0 Å². The number of hydrogen-bond acceptors (Lipinski definition) is 6. The summed E-state index contributed by atoms with van der Waals surface area (Å²) in [6, 6.07) is 29.5. The second kappa shape index (κ2) is 14.1. The molecule has 4 aromatic carbocycles. The Labute approximate surface area is 277 Å². The monoisotopic (exact) mass is 631 g/mol. The van der Waals surface area contributed by atoms with E-state index < -0.39 is 0 Å². The molecule has 5 aromatic rings. The highest BCUT2D eigenvalue weighted by molar-refractivity contribution is 6.31. The number of pyridine rings is 1. The first-order valence-electron chi connectivity index (χ1n) is 16.6. The van der Waals surface area contributed by atoms with Crippen LogP contribution in [0.2, 0.25) is 5.02 Å². The Morgan fingerprint density at radius 1 is 0.696 bits per heavy atom. The number of aromatic nitrogens is 1. The zero-order valence-electron chi connectivity index (χ0n) is 26.6. The average molecular weight is 632 g/mol. The van der Waals surface area contributed by atoms with E-state index in [1.54, 1.807) is 7.11 Å². The first-order chi connectivity index (χ1) is 22.7. The number of methoxy groups -OCH3 is 1. The summed E-state index contributed by atoms with van der Waals surface area (Å²) in [6.07, 6.45) is 7.92. The van der Waals surface area contributed by atoms with Gasteiger partial charge in [0.05, 0.1) is 23.8 Å². The topological polar surface area (TPSA) is 43.9 Å². The number of unbranched alkanes of at least 4 members (excludes halogenated alkanes) is 1. The smallest absolute Gasteiger partial charge is 0.119 e. The molecule has 0 bridgehead atoms. The van der Waals surface area contributed by atoms with Gasteiger partial charge in [0.15, 0.2) is 0 Å². The lowest BCUT2D eigenvalue weighted by atomic mass is 10.1. The van der Waals surface area contributed by atoms with Crippen molar-refractivity contribution in [3.8, 4) is 5.75 Å². The summed E-state index contributed by atoms with van der Waals surface area (Å²) in [5, 5.41) is 6.60. The molecule has 1 saturated heterocycles. The molecule has 2 aliphatic heterocycles. The van der Waals surface area contributed by atoms with Crippen LogP contribution >= 0.6 is 11.6 Å². The summed E-state index contributed by atoms with van der Waals surface area (Å²) >= 11 is 6.30. The predicted octanol–water partition coefficient (Wildman–Crippen LogP) is 8.57. The van der Waals surface area contributed by atoms with Gasteiger partial charge >= 0.3 is 0 Å². The van der Waals surface area contributed by atoms with E-state index in [-0.39, 0.29) is 0 Å². The highest BCUT2D eigenvalue weighted by atomic mass is 35.5. The molecule has 1 aromatic heterocycles. The molecule has 1 fully saturated rings. The number of ether oxygens (including phenoxy) is 1. The number of fused-ring (bicyclic) bond motifs is 4. The first-order valence-corrected chi connectivity index (χ1v) is 16.9. The molecule has 0 atom stereocenters. The minimum absolute atomic E-state index is 0.699. The van der Waals surface area contributed by atoms with Crippen molar-refractivity contribution >= 4 is 62.6 Å². The van der Waals surface area contributed by atoms with Crippen molar-refractivity contribution in [2.75, 3.05) is 69.7 Å². The largest absolute Gasteiger partial charge is 0.497 e. The third kappa shape index (κ3) is 6.70. The number of benzene rings is 4. The lowest BCUT2D eigenvalue weighted by Crippen LogP contribution is -2.47. The maximum Gasteiger partial charge on any atom is 0.119 e. The Bertz CT molecular complexity index is 1800. The molecule has 0 saturated carbocycles. The van der Waals surface area contributed by atoms with E-state index in [2.05, 4.69) is 92.8 Å². The van der Waals surface area contributed by atoms with Crippen molar-refractivity contribution in [1.82, 2.24) is 14.8 Å². The molecule has 0 spiro atoms. The van der Waals surface area contributed by atoms with Crippen molar-refractivity contribution in [3.63, 3.8) is 0 Å². The van der Waals surface area contributed by atoms with Crippen LogP contribution in [-0.2, 0) is 0 Å². The SMILES string of the molecule is COc1ccc2nc3cc(Cl)ccc3c(NCCCCN3CCN(CCCN4c5ccccc5C=Cc5ccccc54)CC3)c2c1. The third-order valence-electron chi connectivity index (χ3n) is 9.36. The molecule has 236 valence electrons. The van der Waals surface area contributed by atoms with Crippen LogP contribution in [0.1, 0.15) is 30.4 Å². The second-order valence-electron chi connectivity index (χ2n) is 12.3. The van der Waals surface area contributed by atoms with E-state index in [1.165, 1.54) is 28.9 Å². The number of halogens is 1. The van der Waals surface area contributed by atoms with Gasteiger partial charge in [0.2, 0.25) is 0 Å². The number of nitrogens with one attached hydrogen (secondary N) is 1. The van der Waals surface area contributed by atoms with Gasteiger partial charge in [-0.1, -0.05) is 60.2 Å². The minimum Gasteiger partial charge on any atom is -0.497 e. The Hall–Kier alpha value is -4.10. The predicted molar refractivity (Wildman–Crippen MR) is 195 cm³/mol. The molecule has 7 rings (SSSR count). The quantitative estimate of drug-likeness (QED) is 0.116. The minimum atomic E-state index is 0.699. The van der Waals surface area contributed by atoms with E-state index in [1.807, 2.05) is 24.3 Å². The van der Waals surface area contributed by atoms with Crippen molar-refractivity contribution < 1.29 is 4.74 Å². The highest BCUT2D eigenvalue weighted by Crippen LogP contribution is 2.37. The van der Waals surface area contributed by atoms with E-state index in [9.17, 15) is 0 Å². The summed E-state index contributed by atoms with van der Waals surface area (Å²) in [7, 11) is 1.70. The van der Waals surface area contributed by atoms with Crippen molar-refractivity contribution in [3.05, 3.63) is 101 Å². The Kier molecular flexibility index (Phi) is 9.38. The molecule has 46 heavy (non-hydrogen) atoms. The third-order valence-corrected chi connectivity index (χ3v) is 9.60. The Balaban J connectivity index is 0.881. The molecule has 1 N–H and O–H groups in total. The number of nitrogens with zero attached hydrogens (tertiary/aromatic N) is 4. The standard InChI is InChI=1S/C39H42ClN5O/c1-46-32-16-18-35-34(28-32)39(33-17-15-31(40)27-36(33)42-35)41-19-6-7-20-43-23-25-44(26-24-43)21-8-22-45-37-11-4-2-9-29(37)13-14-30-10-3-5-12-38(30)45/h2-5,9-18,27-28H,6-8,19-26H2,1H3,(H,41,42). The molecule has 7 heteroatoms. The fraction of sp³-hybridized carbons (Fsp3) is 0.308. The summed E-state index contributed by atoms with van der Waals surface area (Å²) in [5.41, 5.74) is 8.13. The molecule has 0 amide bonds. The number of rotatable bonds is 11. The molecule has 0 aliphatic carbocycles. The van der Waals surface area contributed by atoms with Gasteiger partial charge in [0.25, 0.3) is 0 Å². The lowest BCUT2D eigenvalue weighted by molar-refractivity contribution is 0.130. The maximum atomic E-state index is 6.30. The van der Waals surface area contributed by atoms with E-state index in [4.69, 9.17) is 21.3 Å². The summed E-state index contributed by atoms with van der Waals surface area (Å²) in [4.78, 5) is 12.6. The van der Waals surface area contributed by atoms with Crippen LogP contribution in [0.15, 0.2) is 84.9 Å². The van der Waals surface area contributed by atoms with E-state index in [0.29, 0.717) is 5.02 Å². The van der Waals surface area contributed by atoms with E-state index >= 15 is 0 Å². The normalized spacial score (nSPS) is 15.1. The van der Waals surface area contributed by atoms with Gasteiger partial charge < -0.3 is 24.8 Å². The zero-order chi connectivity index (χ0) is 31.3. The average Bonchev–Trinajstić information content (AvgIpc) is 3.25. The summed E-state index contributed by atoms with van der Waals surface area (Å²) in [6.45, 7) is 8.79. The van der Waals surface area contributed by atoms with Crippen molar-refractivity contribution in [2.45, 2.75) is 19.3 Å². The van der Waals surface area contributed by atoms with Crippen LogP contribution in [0.25, 0.3) is 34.0 Å². The van der Waals surface area contributed by atoms with Gasteiger partial charge in [-0.05, 0) is 92.0 Å². The van der Waals surface area contributed by atoms with Crippen LogP contribution in [-0.4, -0.2) is 74.3 Å². The highest BCUT2D eigenvalue weighted by Gasteiger charge is 2.20. The fourth-order valence-corrected chi connectivity index (χ4v) is 7.04. The number of anilines is 3. The second-order valence-corrected chi connectivity index (χ2v) is 12.7. The maximum absolute atomic E-state index is 6.30. The van der Waals surface area contributed by atoms with Crippen LogP contribution < -0.4 is 15.0 Å². The molecule has 6 nitrogen and oxygen atoms in total. The molecular formula is C39H42ClN5O. The van der Waals surface area contributed by atoms with Crippen molar-refractivity contribution in [2.24, 2.45) is 0 Å². The number of para-hydroxylation sites is 2. The van der Waals surface area contributed by atoms with Gasteiger partial charge in [0.1, 0.15) is 5.75 Å².